The molecule has 0 N–H and O–H groups in total. The molecule has 1 aliphatic heterocycles. The Bertz CT molecular complexity index is 61.4. The summed E-state index contributed by atoms with van der Waals surface area (Å²) in [4.78, 5) is 0. The highest BCUT2D eigenvalue weighted by atomic mass is 32.2. The van der Waals surface area contributed by atoms with Crippen molar-refractivity contribution in [2.75, 3.05) is 18.1 Å². The first-order chi connectivity index (χ1) is 3.93. The Labute approximate surface area is 58.2 Å². The topological polar surface area (TPSA) is 19.9 Å². The number of hydrogen-bond donors (Lipinski definition) is 0. The zero-order valence-electron chi connectivity index (χ0n) is 4.63. The minimum Gasteiger partial charge on any atom is -0.237 e. The molecule has 1 saturated heterocycles. The Morgan fingerprint density at radius 3 is 2.50 bits per heavy atom. The second-order valence-electron chi connectivity index (χ2n) is 1.66. The predicted octanol–water partition coefficient (Wildman–Crippen LogP) is 1.61. The van der Waals surface area contributed by atoms with Crippen LogP contribution in [-0.4, -0.2) is 22.7 Å². The molecule has 0 aromatic heterocycles. The van der Waals surface area contributed by atoms with Gasteiger partial charge in [-0.25, -0.2) is 5.11 Å². The Morgan fingerprint density at radius 1 is 1.38 bits per heavy atom. The molecular weight excluding hydrogens is 140 g/mol. The Balaban J connectivity index is 2.06. The Hall–Kier alpha value is 0.660. The van der Waals surface area contributed by atoms with E-state index in [1.54, 1.807) is 0 Å². The van der Waals surface area contributed by atoms with Crippen LogP contribution in [0.4, 0.5) is 0 Å². The van der Waals surface area contributed by atoms with Gasteiger partial charge in [-0.1, -0.05) is 0 Å². The molecule has 0 aromatic carbocycles. The summed E-state index contributed by atoms with van der Waals surface area (Å²) >= 11 is 3.86. The first kappa shape index (κ1) is 6.78. The summed E-state index contributed by atoms with van der Waals surface area (Å²) in [5.41, 5.74) is 0. The van der Waals surface area contributed by atoms with Crippen LogP contribution < -0.4 is 0 Å². The van der Waals surface area contributed by atoms with Crippen LogP contribution in [0.5, 0.6) is 0 Å². The lowest BCUT2D eigenvalue weighted by molar-refractivity contribution is 0.193. The van der Waals surface area contributed by atoms with E-state index in [2.05, 4.69) is 0 Å². The number of thioether (sulfide) groups is 2. The van der Waals surface area contributed by atoms with E-state index in [-0.39, 0.29) is 6.61 Å². The van der Waals surface area contributed by atoms with Gasteiger partial charge in [-0.05, 0) is 6.42 Å². The van der Waals surface area contributed by atoms with Gasteiger partial charge < -0.3 is 0 Å². The van der Waals surface area contributed by atoms with Crippen LogP contribution >= 0.6 is 23.5 Å². The fourth-order valence-corrected chi connectivity index (χ4v) is 3.45. The SMILES string of the molecule is [O]CCC1SCCS1. The zero-order valence-corrected chi connectivity index (χ0v) is 6.26. The minimum atomic E-state index is 0.102. The molecule has 1 aliphatic rings. The summed E-state index contributed by atoms with van der Waals surface area (Å²) in [5, 5.41) is 10.1. The van der Waals surface area contributed by atoms with Crippen molar-refractivity contribution in [2.24, 2.45) is 0 Å². The largest absolute Gasteiger partial charge is 0.237 e. The Morgan fingerprint density at radius 2 is 2.00 bits per heavy atom. The van der Waals surface area contributed by atoms with Gasteiger partial charge in [0.1, 0.15) is 0 Å². The van der Waals surface area contributed by atoms with Crippen LogP contribution in [0, 0.1) is 0 Å². The van der Waals surface area contributed by atoms with E-state index in [4.69, 9.17) is 0 Å². The molecule has 0 saturated carbocycles. The lowest BCUT2D eigenvalue weighted by atomic mass is 10.5. The molecular formula is C5H9OS2. The summed E-state index contributed by atoms with van der Waals surface area (Å²) < 4.78 is 0.632. The van der Waals surface area contributed by atoms with Crippen molar-refractivity contribution in [1.82, 2.24) is 0 Å². The third-order valence-electron chi connectivity index (χ3n) is 1.04. The van der Waals surface area contributed by atoms with Crippen molar-refractivity contribution in [1.29, 1.82) is 0 Å². The van der Waals surface area contributed by atoms with E-state index in [1.165, 1.54) is 11.5 Å². The quantitative estimate of drug-likeness (QED) is 0.594. The molecule has 0 aliphatic carbocycles. The molecule has 1 rings (SSSR count). The summed E-state index contributed by atoms with van der Waals surface area (Å²) in [7, 11) is 0. The van der Waals surface area contributed by atoms with Gasteiger partial charge in [-0.3, -0.25) is 0 Å². The van der Waals surface area contributed by atoms with Gasteiger partial charge in [0.15, 0.2) is 0 Å². The molecule has 1 fully saturated rings. The van der Waals surface area contributed by atoms with E-state index in [1.807, 2.05) is 23.5 Å². The predicted molar refractivity (Wildman–Crippen MR) is 38.9 cm³/mol. The standard InChI is InChI=1S/C5H9OS2/c6-2-1-5-7-3-4-8-5/h5H,1-4H2. The van der Waals surface area contributed by atoms with Gasteiger partial charge in [0.25, 0.3) is 0 Å². The lowest BCUT2D eigenvalue weighted by Gasteiger charge is -2.00. The molecule has 1 nitrogen and oxygen atoms in total. The van der Waals surface area contributed by atoms with E-state index in [0.717, 1.165) is 6.42 Å². The lowest BCUT2D eigenvalue weighted by Crippen LogP contribution is -1.93. The maximum absolute atomic E-state index is 10.1. The van der Waals surface area contributed by atoms with Gasteiger partial charge in [0, 0.05) is 11.5 Å². The fraction of sp³-hybridized carbons (Fsp3) is 1.00. The number of hydrogen-bond acceptors (Lipinski definition) is 2. The van der Waals surface area contributed by atoms with Crippen LogP contribution in [0.3, 0.4) is 0 Å². The molecule has 0 bridgehead atoms. The fourth-order valence-electron chi connectivity index (χ4n) is 0.670. The summed E-state index contributed by atoms with van der Waals surface area (Å²) in [6, 6.07) is 0. The first-order valence-corrected chi connectivity index (χ1v) is 4.84. The van der Waals surface area contributed by atoms with Gasteiger partial charge >= 0.3 is 0 Å². The van der Waals surface area contributed by atoms with Crippen molar-refractivity contribution in [3.05, 3.63) is 0 Å². The molecule has 0 amide bonds. The van der Waals surface area contributed by atoms with Crippen molar-refractivity contribution >= 4 is 23.5 Å². The van der Waals surface area contributed by atoms with Crippen molar-refractivity contribution in [3.63, 3.8) is 0 Å². The zero-order chi connectivity index (χ0) is 5.82. The minimum absolute atomic E-state index is 0.102. The molecule has 3 heteroatoms. The van der Waals surface area contributed by atoms with Gasteiger partial charge in [0.05, 0.1) is 11.2 Å². The monoisotopic (exact) mass is 149 g/mol. The highest BCUT2D eigenvalue weighted by Gasteiger charge is 2.14. The first-order valence-electron chi connectivity index (χ1n) is 2.75. The van der Waals surface area contributed by atoms with Gasteiger partial charge in [0.2, 0.25) is 0 Å². The maximum Gasteiger partial charge on any atom is 0.0841 e. The van der Waals surface area contributed by atoms with E-state index in [0.29, 0.717) is 4.58 Å². The van der Waals surface area contributed by atoms with Crippen molar-refractivity contribution in [2.45, 2.75) is 11.0 Å². The maximum atomic E-state index is 10.1. The van der Waals surface area contributed by atoms with Gasteiger partial charge in [-0.15, -0.1) is 23.5 Å². The number of rotatable bonds is 2. The molecule has 0 spiro atoms. The molecule has 8 heavy (non-hydrogen) atoms. The molecule has 0 aromatic rings. The third-order valence-corrected chi connectivity index (χ3v) is 4.21. The highest BCUT2D eigenvalue weighted by molar-refractivity contribution is 8.20. The molecule has 1 heterocycles. The average molecular weight is 149 g/mol. The van der Waals surface area contributed by atoms with Crippen LogP contribution in [-0.2, 0) is 5.11 Å². The van der Waals surface area contributed by atoms with Crippen LogP contribution in [0.2, 0.25) is 0 Å². The van der Waals surface area contributed by atoms with Crippen molar-refractivity contribution < 1.29 is 5.11 Å². The molecule has 47 valence electrons. The smallest absolute Gasteiger partial charge is 0.0841 e. The summed E-state index contributed by atoms with van der Waals surface area (Å²) in [6.07, 6.45) is 0.856. The van der Waals surface area contributed by atoms with E-state index >= 15 is 0 Å². The highest BCUT2D eigenvalue weighted by Crippen LogP contribution is 2.33. The van der Waals surface area contributed by atoms with Crippen LogP contribution in [0.1, 0.15) is 6.42 Å². The van der Waals surface area contributed by atoms with Crippen LogP contribution in [0.25, 0.3) is 0 Å². The summed E-state index contributed by atoms with van der Waals surface area (Å²) in [5.74, 6) is 2.49. The van der Waals surface area contributed by atoms with Crippen LogP contribution in [0.15, 0.2) is 0 Å². The van der Waals surface area contributed by atoms with E-state index in [9.17, 15) is 5.11 Å². The summed E-state index contributed by atoms with van der Waals surface area (Å²) in [6.45, 7) is 0.102. The second kappa shape index (κ2) is 3.64. The molecule has 1 radical (unpaired) electrons. The third kappa shape index (κ3) is 1.88. The van der Waals surface area contributed by atoms with Gasteiger partial charge in [-0.2, -0.15) is 0 Å². The normalized spacial score (nSPS) is 22.1. The Kier molecular flexibility index (Phi) is 3.08. The second-order valence-corrected chi connectivity index (χ2v) is 4.58. The van der Waals surface area contributed by atoms with E-state index < -0.39 is 0 Å². The molecule has 0 unspecified atom stereocenters. The van der Waals surface area contributed by atoms with Crippen molar-refractivity contribution in [3.8, 4) is 0 Å². The molecule has 0 atom stereocenters. The average Bonchev–Trinajstić information content (AvgIpc) is 2.19.